The summed E-state index contributed by atoms with van der Waals surface area (Å²) < 4.78 is 0. The standard InChI is InChI=1S/C21H33N5O2/c1-17(9-12-25-15-13-24(2)14-16-25)22-21(28)23-19-7-5-18(6-8-19)20(27)26-10-3-4-11-26/h5-8,17H,3-4,9-16H2,1-2H3,(H2,22,23,28). The smallest absolute Gasteiger partial charge is 0.319 e. The predicted molar refractivity (Wildman–Crippen MR) is 112 cm³/mol. The van der Waals surface area contributed by atoms with E-state index in [0.717, 1.165) is 65.1 Å². The molecule has 0 aromatic heterocycles. The van der Waals surface area contributed by atoms with Gasteiger partial charge in [-0.15, -0.1) is 0 Å². The third kappa shape index (κ3) is 5.94. The normalized spacial score (nSPS) is 19.4. The average molecular weight is 388 g/mol. The zero-order valence-electron chi connectivity index (χ0n) is 17.1. The van der Waals surface area contributed by atoms with Gasteiger partial charge in [-0.25, -0.2) is 4.79 Å². The largest absolute Gasteiger partial charge is 0.339 e. The van der Waals surface area contributed by atoms with Crippen molar-refractivity contribution in [2.75, 3.05) is 58.2 Å². The van der Waals surface area contributed by atoms with Crippen molar-refractivity contribution < 1.29 is 9.59 Å². The fourth-order valence-electron chi connectivity index (χ4n) is 3.71. The van der Waals surface area contributed by atoms with E-state index in [1.165, 1.54) is 0 Å². The SMILES string of the molecule is CC(CCN1CCN(C)CC1)NC(=O)Nc1ccc(C(=O)N2CCCC2)cc1. The molecule has 3 rings (SSSR count). The van der Waals surface area contributed by atoms with Crippen LogP contribution in [0.25, 0.3) is 0 Å². The molecule has 28 heavy (non-hydrogen) atoms. The van der Waals surface area contributed by atoms with Crippen LogP contribution in [0.4, 0.5) is 10.5 Å². The topological polar surface area (TPSA) is 67.9 Å². The molecule has 2 saturated heterocycles. The Morgan fingerprint density at radius 1 is 1.00 bits per heavy atom. The summed E-state index contributed by atoms with van der Waals surface area (Å²) in [5, 5.41) is 5.85. The van der Waals surface area contributed by atoms with E-state index >= 15 is 0 Å². The Kier molecular flexibility index (Phi) is 7.28. The Balaban J connectivity index is 1.39. The van der Waals surface area contributed by atoms with Crippen LogP contribution >= 0.6 is 0 Å². The van der Waals surface area contributed by atoms with Gasteiger partial charge in [0.15, 0.2) is 0 Å². The minimum Gasteiger partial charge on any atom is -0.339 e. The van der Waals surface area contributed by atoms with Crippen molar-refractivity contribution in [1.82, 2.24) is 20.0 Å². The average Bonchev–Trinajstić information content (AvgIpc) is 3.22. The molecule has 1 atom stereocenters. The summed E-state index contributed by atoms with van der Waals surface area (Å²) in [7, 11) is 2.15. The zero-order valence-corrected chi connectivity index (χ0v) is 17.1. The molecule has 1 aromatic rings. The second-order valence-electron chi connectivity index (χ2n) is 8.01. The van der Waals surface area contributed by atoms with Gasteiger partial charge in [0.05, 0.1) is 0 Å². The summed E-state index contributed by atoms with van der Waals surface area (Å²) in [5.74, 6) is 0.0750. The van der Waals surface area contributed by atoms with Crippen molar-refractivity contribution in [2.24, 2.45) is 0 Å². The highest BCUT2D eigenvalue weighted by molar-refractivity contribution is 5.95. The van der Waals surface area contributed by atoms with Crippen LogP contribution in [0.5, 0.6) is 0 Å². The van der Waals surface area contributed by atoms with Crippen molar-refractivity contribution in [3.05, 3.63) is 29.8 Å². The molecule has 0 spiro atoms. The number of piperazine rings is 1. The molecule has 7 nitrogen and oxygen atoms in total. The first kappa shape index (κ1) is 20.6. The first-order chi connectivity index (χ1) is 13.5. The third-order valence-corrected chi connectivity index (χ3v) is 5.63. The van der Waals surface area contributed by atoms with Gasteiger partial charge in [-0.2, -0.15) is 0 Å². The first-order valence-electron chi connectivity index (χ1n) is 10.4. The van der Waals surface area contributed by atoms with Crippen LogP contribution in [0.15, 0.2) is 24.3 Å². The van der Waals surface area contributed by atoms with Crippen molar-refractivity contribution in [3.8, 4) is 0 Å². The molecule has 2 heterocycles. The number of benzene rings is 1. The molecular weight excluding hydrogens is 354 g/mol. The highest BCUT2D eigenvalue weighted by Crippen LogP contribution is 2.15. The summed E-state index contributed by atoms with van der Waals surface area (Å²) in [6, 6.07) is 7.05. The number of carbonyl (C=O) groups excluding carboxylic acids is 2. The van der Waals surface area contributed by atoms with Crippen LogP contribution in [0.1, 0.15) is 36.5 Å². The molecule has 2 N–H and O–H groups in total. The quantitative estimate of drug-likeness (QED) is 0.784. The fourth-order valence-corrected chi connectivity index (χ4v) is 3.71. The van der Waals surface area contributed by atoms with Gasteiger partial charge in [0.25, 0.3) is 5.91 Å². The van der Waals surface area contributed by atoms with Gasteiger partial charge >= 0.3 is 6.03 Å². The maximum Gasteiger partial charge on any atom is 0.319 e. The van der Waals surface area contributed by atoms with Crippen LogP contribution < -0.4 is 10.6 Å². The number of nitrogens with one attached hydrogen (secondary N) is 2. The van der Waals surface area contributed by atoms with Crippen molar-refractivity contribution in [1.29, 1.82) is 0 Å². The van der Waals surface area contributed by atoms with Gasteiger partial charge in [0.1, 0.15) is 0 Å². The van der Waals surface area contributed by atoms with E-state index in [0.29, 0.717) is 11.3 Å². The van der Waals surface area contributed by atoms with Gasteiger partial charge in [-0.1, -0.05) is 0 Å². The number of carbonyl (C=O) groups is 2. The van der Waals surface area contributed by atoms with E-state index in [-0.39, 0.29) is 18.0 Å². The third-order valence-electron chi connectivity index (χ3n) is 5.63. The van der Waals surface area contributed by atoms with Crippen LogP contribution in [0, 0.1) is 0 Å². The van der Waals surface area contributed by atoms with E-state index in [1.807, 2.05) is 11.8 Å². The summed E-state index contributed by atoms with van der Waals surface area (Å²) >= 11 is 0. The fraction of sp³-hybridized carbons (Fsp3) is 0.619. The van der Waals surface area contributed by atoms with Gasteiger partial charge in [-0.05, 0) is 57.5 Å². The highest BCUT2D eigenvalue weighted by atomic mass is 16.2. The van der Waals surface area contributed by atoms with E-state index in [9.17, 15) is 9.59 Å². The Morgan fingerprint density at radius 3 is 2.29 bits per heavy atom. The van der Waals surface area contributed by atoms with Crippen LogP contribution in [0.2, 0.25) is 0 Å². The van der Waals surface area contributed by atoms with Crippen molar-refractivity contribution >= 4 is 17.6 Å². The lowest BCUT2D eigenvalue weighted by Gasteiger charge is -2.32. The predicted octanol–water partition coefficient (Wildman–Crippen LogP) is 2.07. The highest BCUT2D eigenvalue weighted by Gasteiger charge is 2.19. The molecule has 2 fully saturated rings. The second kappa shape index (κ2) is 9.89. The first-order valence-corrected chi connectivity index (χ1v) is 10.4. The van der Waals surface area contributed by atoms with Gasteiger partial charge < -0.3 is 25.3 Å². The molecule has 2 aliphatic rings. The number of likely N-dealkylation sites (N-methyl/N-ethyl adjacent to an activating group) is 1. The van der Waals surface area contributed by atoms with Gasteiger partial charge in [0.2, 0.25) is 0 Å². The number of hydrogen-bond donors (Lipinski definition) is 2. The molecular formula is C21H33N5O2. The van der Waals surface area contributed by atoms with Crippen LogP contribution in [-0.2, 0) is 0 Å². The molecule has 0 radical (unpaired) electrons. The summed E-state index contributed by atoms with van der Waals surface area (Å²) in [6.07, 6.45) is 3.09. The number of hydrogen-bond acceptors (Lipinski definition) is 4. The number of likely N-dealkylation sites (tertiary alicyclic amines) is 1. The minimum atomic E-state index is -0.204. The monoisotopic (exact) mass is 387 g/mol. The lowest BCUT2D eigenvalue weighted by atomic mass is 10.2. The Hall–Kier alpha value is -2.12. The molecule has 1 aromatic carbocycles. The Morgan fingerprint density at radius 2 is 1.64 bits per heavy atom. The number of anilines is 1. The van der Waals surface area contributed by atoms with Crippen molar-refractivity contribution in [3.63, 3.8) is 0 Å². The number of nitrogens with zero attached hydrogens (tertiary/aromatic N) is 3. The Bertz CT molecular complexity index is 649. The van der Waals surface area contributed by atoms with Crippen LogP contribution in [-0.4, -0.2) is 85.5 Å². The second-order valence-corrected chi connectivity index (χ2v) is 8.01. The summed E-state index contributed by atoms with van der Waals surface area (Å²) in [6.45, 7) is 9.13. The molecule has 154 valence electrons. The van der Waals surface area contributed by atoms with Crippen molar-refractivity contribution in [2.45, 2.75) is 32.2 Å². The maximum absolute atomic E-state index is 12.4. The molecule has 0 bridgehead atoms. The summed E-state index contributed by atoms with van der Waals surface area (Å²) in [5.41, 5.74) is 1.37. The molecule has 2 aliphatic heterocycles. The molecule has 0 aliphatic carbocycles. The molecule has 1 unspecified atom stereocenters. The molecule has 0 saturated carbocycles. The number of amides is 3. The van der Waals surface area contributed by atoms with E-state index in [1.54, 1.807) is 24.3 Å². The Labute approximate surface area is 168 Å². The van der Waals surface area contributed by atoms with Gasteiger partial charge in [0, 0.05) is 63.1 Å². The van der Waals surface area contributed by atoms with E-state index in [2.05, 4.69) is 27.5 Å². The number of urea groups is 1. The zero-order chi connectivity index (χ0) is 19.9. The van der Waals surface area contributed by atoms with E-state index in [4.69, 9.17) is 0 Å². The maximum atomic E-state index is 12.4. The summed E-state index contributed by atoms with van der Waals surface area (Å²) in [4.78, 5) is 31.3. The van der Waals surface area contributed by atoms with E-state index < -0.39 is 0 Å². The lowest BCUT2D eigenvalue weighted by Crippen LogP contribution is -2.46. The minimum absolute atomic E-state index is 0.0750. The molecule has 7 heteroatoms. The number of rotatable bonds is 6. The van der Waals surface area contributed by atoms with Gasteiger partial charge in [-0.3, -0.25) is 4.79 Å². The molecule has 3 amide bonds. The lowest BCUT2D eigenvalue weighted by molar-refractivity contribution is 0.0793. The van der Waals surface area contributed by atoms with Crippen LogP contribution in [0.3, 0.4) is 0 Å².